The minimum Gasteiger partial charge on any atom is -0.506 e. The second-order valence-electron chi connectivity index (χ2n) is 5.84. The molecule has 0 atom stereocenters. The fraction of sp³-hybridized carbons (Fsp3) is 0.0476. The average molecular weight is 329 g/mol. The Morgan fingerprint density at radius 3 is 2.52 bits per heavy atom. The zero-order valence-electron chi connectivity index (χ0n) is 13.6. The zero-order chi connectivity index (χ0) is 17.4. The standard InChI is InChI=1S/C21H15NO3/c1-13(17-12-15-7-3-5-9-19(15)25-21(17)24)22-20-16-8-4-2-6-14(16)10-11-18(20)23/h2-12,23H,1H3. The molecule has 0 saturated carbocycles. The molecule has 0 fully saturated rings. The fourth-order valence-electron chi connectivity index (χ4n) is 2.90. The monoisotopic (exact) mass is 329 g/mol. The van der Waals surface area contributed by atoms with Crippen LogP contribution in [0.5, 0.6) is 5.75 Å². The minimum absolute atomic E-state index is 0.0724. The Morgan fingerprint density at radius 2 is 1.68 bits per heavy atom. The highest BCUT2D eigenvalue weighted by molar-refractivity contribution is 6.05. The number of hydrogen-bond acceptors (Lipinski definition) is 4. The van der Waals surface area contributed by atoms with E-state index in [0.29, 0.717) is 22.5 Å². The molecule has 4 nitrogen and oxygen atoms in total. The van der Waals surface area contributed by atoms with Gasteiger partial charge in [-0.2, -0.15) is 0 Å². The van der Waals surface area contributed by atoms with E-state index in [1.54, 1.807) is 25.1 Å². The highest BCUT2D eigenvalue weighted by Crippen LogP contribution is 2.35. The number of benzene rings is 3. The Morgan fingerprint density at radius 1 is 0.960 bits per heavy atom. The Bertz CT molecular complexity index is 1190. The lowest BCUT2D eigenvalue weighted by molar-refractivity contribution is 0.477. The molecule has 1 N–H and O–H groups in total. The van der Waals surface area contributed by atoms with E-state index in [4.69, 9.17) is 4.42 Å². The van der Waals surface area contributed by atoms with Crippen LogP contribution in [0.4, 0.5) is 5.69 Å². The van der Waals surface area contributed by atoms with Crippen molar-refractivity contribution in [3.05, 3.63) is 82.7 Å². The summed E-state index contributed by atoms with van der Waals surface area (Å²) in [5.41, 5.74) is 1.41. The maximum absolute atomic E-state index is 12.3. The quantitative estimate of drug-likeness (QED) is 0.425. The average Bonchev–Trinajstić information content (AvgIpc) is 2.63. The van der Waals surface area contributed by atoms with Crippen molar-refractivity contribution in [2.45, 2.75) is 6.92 Å². The van der Waals surface area contributed by atoms with Crippen molar-refractivity contribution in [1.82, 2.24) is 0 Å². The van der Waals surface area contributed by atoms with Crippen molar-refractivity contribution < 1.29 is 9.52 Å². The number of nitrogens with zero attached hydrogens (tertiary/aromatic N) is 1. The van der Waals surface area contributed by atoms with Gasteiger partial charge in [0, 0.05) is 10.8 Å². The lowest BCUT2D eigenvalue weighted by Gasteiger charge is -2.07. The summed E-state index contributed by atoms with van der Waals surface area (Å²) in [5.74, 6) is 0.0724. The van der Waals surface area contributed by atoms with Crippen LogP contribution in [0.25, 0.3) is 21.7 Å². The summed E-state index contributed by atoms with van der Waals surface area (Å²) >= 11 is 0. The SMILES string of the molecule is CC(=Nc1c(O)ccc2ccccc12)c1cc2ccccc2oc1=O. The molecule has 0 radical (unpaired) electrons. The molecule has 0 aliphatic carbocycles. The molecule has 0 amide bonds. The van der Waals surface area contributed by atoms with Crippen molar-refractivity contribution in [3.63, 3.8) is 0 Å². The first kappa shape index (κ1) is 15.1. The number of phenols is 1. The first-order valence-electron chi connectivity index (χ1n) is 7.93. The van der Waals surface area contributed by atoms with Crippen LogP contribution in [0.3, 0.4) is 0 Å². The van der Waals surface area contributed by atoms with Crippen LogP contribution in [-0.2, 0) is 0 Å². The summed E-state index contributed by atoms with van der Waals surface area (Å²) in [6, 6.07) is 20.2. The van der Waals surface area contributed by atoms with Crippen LogP contribution in [0.2, 0.25) is 0 Å². The number of fused-ring (bicyclic) bond motifs is 2. The van der Waals surface area contributed by atoms with Gasteiger partial charge in [0.25, 0.3) is 0 Å². The van der Waals surface area contributed by atoms with Crippen molar-refractivity contribution in [3.8, 4) is 5.75 Å². The summed E-state index contributed by atoms with van der Waals surface area (Å²) in [5, 5.41) is 12.9. The second-order valence-corrected chi connectivity index (χ2v) is 5.84. The molecule has 0 bridgehead atoms. The molecule has 0 unspecified atom stereocenters. The Balaban J connectivity index is 1.92. The summed E-state index contributed by atoms with van der Waals surface area (Å²) < 4.78 is 5.37. The maximum Gasteiger partial charge on any atom is 0.345 e. The van der Waals surface area contributed by atoms with Crippen molar-refractivity contribution >= 4 is 33.1 Å². The van der Waals surface area contributed by atoms with E-state index in [2.05, 4.69) is 4.99 Å². The molecule has 4 heteroatoms. The normalized spacial score (nSPS) is 12.0. The van der Waals surface area contributed by atoms with E-state index in [9.17, 15) is 9.90 Å². The van der Waals surface area contributed by atoms with Gasteiger partial charge >= 0.3 is 5.63 Å². The summed E-state index contributed by atoms with van der Waals surface area (Å²) in [6.45, 7) is 1.74. The molecular weight excluding hydrogens is 314 g/mol. The Kier molecular flexibility index (Phi) is 3.58. The predicted molar refractivity (Wildman–Crippen MR) is 100.0 cm³/mol. The van der Waals surface area contributed by atoms with Gasteiger partial charge in [0.1, 0.15) is 17.0 Å². The van der Waals surface area contributed by atoms with E-state index < -0.39 is 5.63 Å². The smallest absolute Gasteiger partial charge is 0.345 e. The number of phenolic OH excluding ortho intramolecular Hbond substituents is 1. The Labute approximate surface area is 143 Å². The third kappa shape index (κ3) is 2.68. The van der Waals surface area contributed by atoms with E-state index in [1.165, 1.54) is 0 Å². The van der Waals surface area contributed by atoms with Crippen molar-refractivity contribution in [2.75, 3.05) is 0 Å². The molecular formula is C21H15NO3. The van der Waals surface area contributed by atoms with Gasteiger partial charge in [-0.1, -0.05) is 48.5 Å². The number of aromatic hydroxyl groups is 1. The molecule has 4 aromatic rings. The maximum atomic E-state index is 12.3. The van der Waals surface area contributed by atoms with Gasteiger partial charge in [0.05, 0.1) is 11.3 Å². The van der Waals surface area contributed by atoms with Crippen LogP contribution in [0.1, 0.15) is 12.5 Å². The van der Waals surface area contributed by atoms with Crippen LogP contribution in [0.15, 0.2) is 80.9 Å². The first-order chi connectivity index (χ1) is 12.1. The van der Waals surface area contributed by atoms with Gasteiger partial charge in [-0.25, -0.2) is 9.79 Å². The van der Waals surface area contributed by atoms with E-state index in [-0.39, 0.29) is 5.75 Å². The predicted octanol–water partition coefficient (Wildman–Crippen LogP) is 4.79. The highest BCUT2D eigenvalue weighted by Gasteiger charge is 2.11. The van der Waals surface area contributed by atoms with Gasteiger partial charge in [-0.3, -0.25) is 0 Å². The van der Waals surface area contributed by atoms with Crippen LogP contribution >= 0.6 is 0 Å². The zero-order valence-corrected chi connectivity index (χ0v) is 13.6. The lowest BCUT2D eigenvalue weighted by atomic mass is 10.1. The molecule has 3 aromatic carbocycles. The topological polar surface area (TPSA) is 62.8 Å². The van der Waals surface area contributed by atoms with Gasteiger partial charge in [-0.05, 0) is 30.5 Å². The number of para-hydroxylation sites is 1. The van der Waals surface area contributed by atoms with Crippen molar-refractivity contribution in [1.29, 1.82) is 0 Å². The third-order valence-electron chi connectivity index (χ3n) is 4.19. The second kappa shape index (κ2) is 5.91. The molecule has 25 heavy (non-hydrogen) atoms. The molecule has 0 saturated heterocycles. The number of hydrogen-bond donors (Lipinski definition) is 1. The van der Waals surface area contributed by atoms with E-state index in [0.717, 1.165) is 16.2 Å². The molecule has 0 spiro atoms. The van der Waals surface area contributed by atoms with Crippen LogP contribution in [-0.4, -0.2) is 10.8 Å². The molecule has 4 rings (SSSR count). The molecule has 0 aliphatic heterocycles. The molecule has 122 valence electrons. The lowest BCUT2D eigenvalue weighted by Crippen LogP contribution is -2.11. The summed E-state index contributed by atoms with van der Waals surface area (Å²) in [6.07, 6.45) is 0. The van der Waals surface area contributed by atoms with Crippen LogP contribution in [0, 0.1) is 0 Å². The summed E-state index contributed by atoms with van der Waals surface area (Å²) in [7, 11) is 0. The number of rotatable bonds is 2. The van der Waals surface area contributed by atoms with Gasteiger partial charge in [-0.15, -0.1) is 0 Å². The van der Waals surface area contributed by atoms with E-state index >= 15 is 0 Å². The van der Waals surface area contributed by atoms with Gasteiger partial charge < -0.3 is 9.52 Å². The minimum atomic E-state index is -0.445. The summed E-state index contributed by atoms with van der Waals surface area (Å²) in [4.78, 5) is 16.8. The first-order valence-corrected chi connectivity index (χ1v) is 7.93. The van der Waals surface area contributed by atoms with Gasteiger partial charge in [0.2, 0.25) is 0 Å². The Hall–Kier alpha value is -3.40. The van der Waals surface area contributed by atoms with Gasteiger partial charge in [0.15, 0.2) is 0 Å². The van der Waals surface area contributed by atoms with E-state index in [1.807, 2.05) is 48.5 Å². The molecule has 0 aliphatic rings. The third-order valence-corrected chi connectivity index (χ3v) is 4.19. The fourth-order valence-corrected chi connectivity index (χ4v) is 2.90. The molecule has 1 aromatic heterocycles. The van der Waals surface area contributed by atoms with Crippen molar-refractivity contribution in [2.24, 2.45) is 4.99 Å². The van der Waals surface area contributed by atoms with Crippen LogP contribution < -0.4 is 5.63 Å². The largest absolute Gasteiger partial charge is 0.506 e. The number of aliphatic imine (C=N–C) groups is 1. The molecule has 1 heterocycles. The highest BCUT2D eigenvalue weighted by atomic mass is 16.4.